The molecule has 0 saturated carbocycles. The van der Waals surface area contributed by atoms with Gasteiger partial charge in [-0.25, -0.2) is 9.97 Å². The van der Waals surface area contributed by atoms with E-state index in [2.05, 4.69) is 46.5 Å². The first kappa shape index (κ1) is 19.7. The van der Waals surface area contributed by atoms with E-state index in [0.29, 0.717) is 12.5 Å². The van der Waals surface area contributed by atoms with Gasteiger partial charge in [0.2, 0.25) is 12.7 Å². The van der Waals surface area contributed by atoms with Crippen LogP contribution in [-0.2, 0) is 6.54 Å². The van der Waals surface area contributed by atoms with Crippen molar-refractivity contribution < 1.29 is 9.47 Å². The third kappa shape index (κ3) is 3.92. The number of fused-ring (bicyclic) bond motifs is 1. The first-order valence-corrected chi connectivity index (χ1v) is 9.31. The number of nitrogens with one attached hydrogen (secondary N) is 1. The predicted molar refractivity (Wildman–Crippen MR) is 116 cm³/mol. The lowest BCUT2D eigenvalue weighted by molar-refractivity contribution is 0.174. The fourth-order valence-electron chi connectivity index (χ4n) is 3.19. The molecule has 4 aromatic rings. The zero-order valence-corrected chi connectivity index (χ0v) is 17.1. The molecule has 2 aromatic heterocycles. The Hall–Kier alpha value is -3.58. The number of rotatable bonds is 5. The fourth-order valence-corrected chi connectivity index (χ4v) is 3.19. The van der Waals surface area contributed by atoms with E-state index in [1.807, 2.05) is 30.6 Å². The van der Waals surface area contributed by atoms with E-state index in [4.69, 9.17) is 14.5 Å². The van der Waals surface area contributed by atoms with Crippen LogP contribution in [0.15, 0.2) is 67.4 Å². The normalized spacial score (nSPS) is 11.8. The van der Waals surface area contributed by atoms with Gasteiger partial charge in [0.25, 0.3) is 0 Å². The molecule has 7 nitrogen and oxygen atoms in total. The minimum absolute atomic E-state index is 0. The summed E-state index contributed by atoms with van der Waals surface area (Å²) in [5, 5.41) is 3.45. The second kappa shape index (κ2) is 8.42. The van der Waals surface area contributed by atoms with E-state index >= 15 is 0 Å². The van der Waals surface area contributed by atoms with Crippen LogP contribution < -0.4 is 14.8 Å². The lowest BCUT2D eigenvalue weighted by atomic mass is 10.1. The number of benzene rings is 2. The van der Waals surface area contributed by atoms with Crippen LogP contribution >= 0.6 is 12.4 Å². The average Bonchev–Trinajstić information content (AvgIpc) is 3.44. The van der Waals surface area contributed by atoms with Crippen molar-refractivity contribution in [3.63, 3.8) is 0 Å². The Labute approximate surface area is 180 Å². The second-order valence-electron chi connectivity index (χ2n) is 6.81. The Balaban J connectivity index is 0.00000218. The second-order valence-corrected chi connectivity index (χ2v) is 6.81. The van der Waals surface area contributed by atoms with Crippen molar-refractivity contribution in [3.05, 3.63) is 78.5 Å². The van der Waals surface area contributed by atoms with E-state index in [1.165, 1.54) is 5.56 Å². The van der Waals surface area contributed by atoms with Gasteiger partial charge in [0.05, 0.1) is 0 Å². The van der Waals surface area contributed by atoms with Crippen LogP contribution in [0.1, 0.15) is 11.1 Å². The van der Waals surface area contributed by atoms with Crippen molar-refractivity contribution in [3.8, 4) is 28.6 Å². The summed E-state index contributed by atoms with van der Waals surface area (Å²) >= 11 is 0. The minimum Gasteiger partial charge on any atom is -0.454 e. The van der Waals surface area contributed by atoms with Crippen molar-refractivity contribution in [2.75, 3.05) is 12.1 Å². The molecule has 0 atom stereocenters. The standard InChI is InChI=1S/C22H19N5O2.ClH/c1-15-2-5-17(6-3-15)18-12-25-22(27-9-8-23-13-27)26-21(18)24-11-16-4-7-19-20(10-16)29-14-28-19;/h2-10,12-13H,11,14H2,1H3,(H,24,25,26);1H. The third-order valence-electron chi connectivity index (χ3n) is 4.77. The van der Waals surface area contributed by atoms with Crippen LogP contribution in [0.4, 0.5) is 5.82 Å². The number of hydrogen-bond donors (Lipinski definition) is 1. The summed E-state index contributed by atoms with van der Waals surface area (Å²) in [5.74, 6) is 2.86. The highest BCUT2D eigenvalue weighted by Crippen LogP contribution is 2.33. The highest BCUT2D eigenvalue weighted by Gasteiger charge is 2.14. The summed E-state index contributed by atoms with van der Waals surface area (Å²) in [5.41, 5.74) is 4.28. The van der Waals surface area contributed by atoms with Gasteiger partial charge in [-0.3, -0.25) is 4.57 Å². The van der Waals surface area contributed by atoms with E-state index in [1.54, 1.807) is 17.1 Å². The van der Waals surface area contributed by atoms with E-state index < -0.39 is 0 Å². The predicted octanol–water partition coefficient (Wildman–Crippen LogP) is 4.40. The monoisotopic (exact) mass is 421 g/mol. The summed E-state index contributed by atoms with van der Waals surface area (Å²) in [6.07, 6.45) is 7.05. The molecular weight excluding hydrogens is 402 g/mol. The Morgan fingerprint density at radius 3 is 2.70 bits per heavy atom. The van der Waals surface area contributed by atoms with Crippen LogP contribution in [0.3, 0.4) is 0 Å². The number of hydrogen-bond acceptors (Lipinski definition) is 6. The van der Waals surface area contributed by atoms with Gasteiger partial charge in [-0.05, 0) is 30.2 Å². The molecule has 0 radical (unpaired) electrons. The van der Waals surface area contributed by atoms with Gasteiger partial charge in [-0.2, -0.15) is 4.98 Å². The van der Waals surface area contributed by atoms with Crippen molar-refractivity contribution in [1.29, 1.82) is 0 Å². The van der Waals surface area contributed by atoms with Crippen LogP contribution in [0, 0.1) is 6.92 Å². The molecule has 0 bridgehead atoms. The van der Waals surface area contributed by atoms with E-state index in [9.17, 15) is 0 Å². The first-order valence-electron chi connectivity index (χ1n) is 9.31. The Kier molecular flexibility index (Phi) is 5.54. The number of anilines is 1. The molecule has 152 valence electrons. The van der Waals surface area contributed by atoms with Crippen LogP contribution in [0.5, 0.6) is 11.5 Å². The molecule has 1 aliphatic rings. The van der Waals surface area contributed by atoms with Crippen molar-refractivity contribution in [2.45, 2.75) is 13.5 Å². The largest absolute Gasteiger partial charge is 0.454 e. The lowest BCUT2D eigenvalue weighted by Crippen LogP contribution is -2.07. The van der Waals surface area contributed by atoms with Gasteiger partial charge in [0.1, 0.15) is 12.1 Å². The first-order chi connectivity index (χ1) is 14.3. The molecule has 8 heteroatoms. The molecule has 0 unspecified atom stereocenters. The quantitative estimate of drug-likeness (QED) is 0.514. The maximum absolute atomic E-state index is 5.48. The molecule has 0 aliphatic carbocycles. The van der Waals surface area contributed by atoms with Crippen LogP contribution in [0.2, 0.25) is 0 Å². The Morgan fingerprint density at radius 2 is 1.90 bits per heavy atom. The van der Waals surface area contributed by atoms with Gasteiger partial charge in [-0.15, -0.1) is 12.4 Å². The maximum atomic E-state index is 5.48. The number of halogens is 1. The SMILES string of the molecule is Cc1ccc(-c2cnc(-n3ccnc3)nc2NCc2ccc3c(c2)OCO3)cc1.Cl. The van der Waals surface area contributed by atoms with E-state index in [0.717, 1.165) is 34.0 Å². The molecule has 2 aromatic carbocycles. The zero-order valence-electron chi connectivity index (χ0n) is 16.3. The van der Waals surface area contributed by atoms with Gasteiger partial charge in [0, 0.05) is 30.7 Å². The van der Waals surface area contributed by atoms with Crippen LogP contribution in [-0.4, -0.2) is 26.3 Å². The molecule has 0 amide bonds. The van der Waals surface area contributed by atoms with Crippen molar-refractivity contribution in [1.82, 2.24) is 19.5 Å². The van der Waals surface area contributed by atoms with Gasteiger partial charge >= 0.3 is 0 Å². The fraction of sp³-hybridized carbons (Fsp3) is 0.136. The average molecular weight is 422 g/mol. The molecular formula is C22H20ClN5O2. The minimum atomic E-state index is 0. The smallest absolute Gasteiger partial charge is 0.236 e. The lowest BCUT2D eigenvalue weighted by Gasteiger charge is -2.13. The number of aryl methyl sites for hydroxylation is 1. The molecule has 5 rings (SSSR count). The van der Waals surface area contributed by atoms with Crippen molar-refractivity contribution >= 4 is 18.2 Å². The van der Waals surface area contributed by atoms with E-state index in [-0.39, 0.29) is 19.2 Å². The van der Waals surface area contributed by atoms with Gasteiger partial charge in [0.15, 0.2) is 11.5 Å². The Morgan fingerprint density at radius 1 is 1.07 bits per heavy atom. The number of imidazole rings is 1. The summed E-state index contributed by atoms with van der Waals surface area (Å²) in [6.45, 7) is 2.93. The summed E-state index contributed by atoms with van der Waals surface area (Å²) in [4.78, 5) is 13.3. The molecule has 3 heterocycles. The number of aromatic nitrogens is 4. The number of nitrogens with zero attached hydrogens (tertiary/aromatic N) is 4. The molecule has 0 saturated heterocycles. The van der Waals surface area contributed by atoms with Crippen molar-refractivity contribution in [2.24, 2.45) is 0 Å². The summed E-state index contributed by atoms with van der Waals surface area (Å²) < 4.78 is 12.6. The Bertz CT molecular complexity index is 1150. The highest BCUT2D eigenvalue weighted by atomic mass is 35.5. The molecule has 0 fully saturated rings. The highest BCUT2D eigenvalue weighted by molar-refractivity contribution is 5.85. The van der Waals surface area contributed by atoms with Gasteiger partial charge in [-0.1, -0.05) is 35.9 Å². The zero-order chi connectivity index (χ0) is 19.6. The number of ether oxygens (including phenoxy) is 2. The van der Waals surface area contributed by atoms with Gasteiger partial charge < -0.3 is 14.8 Å². The third-order valence-corrected chi connectivity index (χ3v) is 4.77. The summed E-state index contributed by atoms with van der Waals surface area (Å²) in [7, 11) is 0. The molecule has 30 heavy (non-hydrogen) atoms. The molecule has 1 aliphatic heterocycles. The summed E-state index contributed by atoms with van der Waals surface area (Å²) in [6, 6.07) is 14.3. The maximum Gasteiger partial charge on any atom is 0.236 e. The molecule has 0 spiro atoms. The van der Waals surface area contributed by atoms with Crippen LogP contribution in [0.25, 0.3) is 17.1 Å². The topological polar surface area (TPSA) is 74.1 Å². The molecule has 1 N–H and O–H groups in total.